The van der Waals surface area contributed by atoms with Crippen LogP contribution in [0.1, 0.15) is 12.8 Å². The van der Waals surface area contributed by atoms with Gasteiger partial charge < -0.3 is 15.6 Å². The lowest BCUT2D eigenvalue weighted by molar-refractivity contribution is -0.137. The average molecular weight is 147 g/mol. The van der Waals surface area contributed by atoms with E-state index >= 15 is 0 Å². The van der Waals surface area contributed by atoms with Gasteiger partial charge in [-0.25, -0.2) is 4.79 Å². The van der Waals surface area contributed by atoms with Gasteiger partial charge in [-0.2, -0.15) is 0 Å². The molecule has 5 heteroatoms. The van der Waals surface area contributed by atoms with E-state index < -0.39 is 6.09 Å². The third-order valence-electron chi connectivity index (χ3n) is 0.788. The number of carboxylic acid groups (broad SMARTS) is 1. The molecule has 10 heavy (non-hydrogen) atoms. The zero-order chi connectivity index (χ0) is 7.98. The molecule has 0 spiro atoms. The predicted molar refractivity (Wildman–Crippen MR) is 32.4 cm³/mol. The molecular weight excluding hydrogens is 138 g/mol. The van der Waals surface area contributed by atoms with Gasteiger partial charge in [-0.15, -0.1) is 0 Å². The van der Waals surface area contributed by atoms with E-state index in [0.29, 0.717) is 13.0 Å². The number of rotatable bonds is 0. The van der Waals surface area contributed by atoms with Crippen LogP contribution >= 0.6 is 0 Å². The Balaban J connectivity index is 0.000000180. The maximum Gasteiger partial charge on any atom is 0.402 e. The first-order valence-corrected chi connectivity index (χ1v) is 2.77. The Kier molecular flexibility index (Phi) is 4.02. The number of carbonyl (C=O) groups is 2. The van der Waals surface area contributed by atoms with Crippen molar-refractivity contribution in [2.75, 3.05) is 6.61 Å². The lowest BCUT2D eigenvalue weighted by Crippen LogP contribution is -2.03. The van der Waals surface area contributed by atoms with E-state index in [1.54, 1.807) is 0 Å². The predicted octanol–water partition coefficient (Wildman–Crippen LogP) is -0.0535. The molecule has 1 heterocycles. The lowest BCUT2D eigenvalue weighted by atomic mass is 10.4. The van der Waals surface area contributed by atoms with Gasteiger partial charge in [0, 0.05) is 6.42 Å². The van der Waals surface area contributed by atoms with E-state index in [1.807, 2.05) is 0 Å². The van der Waals surface area contributed by atoms with E-state index in [1.165, 1.54) is 0 Å². The Labute approximate surface area is 57.8 Å². The molecule has 1 fully saturated rings. The zero-order valence-corrected chi connectivity index (χ0v) is 5.37. The summed E-state index contributed by atoms with van der Waals surface area (Å²) in [5.74, 6) is -0.0463. The molecule has 0 bridgehead atoms. The smallest absolute Gasteiger partial charge is 0.402 e. The highest BCUT2D eigenvalue weighted by Crippen LogP contribution is 2.01. The molecule has 1 rings (SSSR count). The largest absolute Gasteiger partial charge is 0.466 e. The second-order valence-electron chi connectivity index (χ2n) is 1.66. The van der Waals surface area contributed by atoms with Crippen molar-refractivity contribution < 1.29 is 19.4 Å². The maximum absolute atomic E-state index is 10.0. The minimum atomic E-state index is -1.33. The normalized spacial score (nSPS) is 15.0. The molecule has 3 N–H and O–H groups in total. The second kappa shape index (κ2) is 4.60. The SMILES string of the molecule is NC(=O)O.O=C1CCCO1. The van der Waals surface area contributed by atoms with Crippen LogP contribution in [-0.2, 0) is 9.53 Å². The van der Waals surface area contributed by atoms with Crippen LogP contribution in [0, 0.1) is 0 Å². The van der Waals surface area contributed by atoms with Gasteiger partial charge in [0.2, 0.25) is 0 Å². The molecule has 0 aromatic heterocycles. The van der Waals surface area contributed by atoms with E-state index in [4.69, 9.17) is 9.90 Å². The molecule has 5 nitrogen and oxygen atoms in total. The average Bonchev–Trinajstić information content (AvgIpc) is 2.15. The molecule has 1 amide bonds. The Morgan fingerprint density at radius 1 is 1.70 bits per heavy atom. The van der Waals surface area contributed by atoms with Crippen molar-refractivity contribution in [2.45, 2.75) is 12.8 Å². The number of esters is 1. The molecule has 1 saturated heterocycles. The molecule has 0 aromatic rings. The molecule has 1 aliphatic heterocycles. The maximum atomic E-state index is 10.0. The summed E-state index contributed by atoms with van der Waals surface area (Å²) in [6.07, 6.45) is 0.207. The number of hydrogen-bond acceptors (Lipinski definition) is 3. The van der Waals surface area contributed by atoms with Crippen LogP contribution in [-0.4, -0.2) is 23.8 Å². The van der Waals surface area contributed by atoms with Crippen LogP contribution in [0.2, 0.25) is 0 Å². The van der Waals surface area contributed by atoms with Crippen molar-refractivity contribution in [1.29, 1.82) is 0 Å². The zero-order valence-electron chi connectivity index (χ0n) is 5.37. The number of hydrogen-bond donors (Lipinski definition) is 2. The fourth-order valence-electron chi connectivity index (χ4n) is 0.475. The summed E-state index contributed by atoms with van der Waals surface area (Å²) in [5.41, 5.74) is 4.03. The van der Waals surface area contributed by atoms with Crippen LogP contribution in [0.5, 0.6) is 0 Å². The quantitative estimate of drug-likeness (QED) is 0.470. The number of cyclic esters (lactones) is 1. The van der Waals surface area contributed by atoms with Gasteiger partial charge in [0.05, 0.1) is 6.61 Å². The number of ether oxygens (including phenoxy) is 1. The number of amides is 1. The van der Waals surface area contributed by atoms with E-state index in [9.17, 15) is 4.79 Å². The number of primary amides is 1. The monoisotopic (exact) mass is 147 g/mol. The van der Waals surface area contributed by atoms with Crippen molar-refractivity contribution in [3.05, 3.63) is 0 Å². The number of nitrogens with two attached hydrogens (primary N) is 1. The van der Waals surface area contributed by atoms with Gasteiger partial charge in [-0.05, 0) is 6.42 Å². The molecule has 0 aromatic carbocycles. The van der Waals surface area contributed by atoms with Gasteiger partial charge in [-0.1, -0.05) is 0 Å². The standard InChI is InChI=1S/C4H6O2.CH3NO2/c5-4-2-1-3-6-4;2-1(3)4/h1-3H2;2H2,(H,3,4). The van der Waals surface area contributed by atoms with Crippen molar-refractivity contribution in [2.24, 2.45) is 5.73 Å². The van der Waals surface area contributed by atoms with E-state index in [0.717, 1.165) is 6.42 Å². The van der Waals surface area contributed by atoms with Crippen molar-refractivity contribution in [3.8, 4) is 0 Å². The van der Waals surface area contributed by atoms with Crippen LogP contribution in [0.3, 0.4) is 0 Å². The Morgan fingerprint density at radius 2 is 2.20 bits per heavy atom. The fraction of sp³-hybridized carbons (Fsp3) is 0.600. The topological polar surface area (TPSA) is 89.6 Å². The van der Waals surface area contributed by atoms with Crippen molar-refractivity contribution >= 4 is 12.1 Å². The summed E-state index contributed by atoms with van der Waals surface area (Å²) in [6, 6.07) is 0. The van der Waals surface area contributed by atoms with Gasteiger partial charge in [0.15, 0.2) is 0 Å². The van der Waals surface area contributed by atoms with Gasteiger partial charge in [0.25, 0.3) is 0 Å². The summed E-state index contributed by atoms with van der Waals surface area (Å²) >= 11 is 0. The Hall–Kier alpha value is -1.26. The fourth-order valence-corrected chi connectivity index (χ4v) is 0.475. The first-order chi connectivity index (χ1) is 4.63. The van der Waals surface area contributed by atoms with Gasteiger partial charge in [0.1, 0.15) is 0 Å². The van der Waals surface area contributed by atoms with E-state index in [2.05, 4.69) is 10.5 Å². The second-order valence-corrected chi connectivity index (χ2v) is 1.66. The molecule has 0 radical (unpaired) electrons. The van der Waals surface area contributed by atoms with Crippen LogP contribution in [0.25, 0.3) is 0 Å². The molecular formula is C5H9NO4. The minimum absolute atomic E-state index is 0.0463. The first-order valence-electron chi connectivity index (χ1n) is 2.77. The Morgan fingerprint density at radius 3 is 2.30 bits per heavy atom. The van der Waals surface area contributed by atoms with E-state index in [-0.39, 0.29) is 5.97 Å². The molecule has 0 unspecified atom stereocenters. The highest BCUT2D eigenvalue weighted by Gasteiger charge is 2.08. The molecule has 1 aliphatic rings. The third-order valence-corrected chi connectivity index (χ3v) is 0.788. The molecule has 0 aliphatic carbocycles. The summed E-state index contributed by atoms with van der Waals surface area (Å²) < 4.78 is 4.51. The van der Waals surface area contributed by atoms with Crippen LogP contribution in [0.4, 0.5) is 4.79 Å². The minimum Gasteiger partial charge on any atom is -0.466 e. The summed E-state index contributed by atoms with van der Waals surface area (Å²) in [7, 11) is 0. The summed E-state index contributed by atoms with van der Waals surface area (Å²) in [5, 5.41) is 7.19. The molecule has 0 saturated carbocycles. The summed E-state index contributed by atoms with van der Waals surface area (Å²) in [4.78, 5) is 18.8. The molecule has 0 atom stereocenters. The highest BCUT2D eigenvalue weighted by molar-refractivity contribution is 5.70. The summed E-state index contributed by atoms with van der Waals surface area (Å²) in [6.45, 7) is 0.638. The first kappa shape index (κ1) is 8.74. The van der Waals surface area contributed by atoms with Crippen molar-refractivity contribution in [1.82, 2.24) is 0 Å². The third kappa shape index (κ3) is 6.74. The molecule has 58 valence electrons. The number of carbonyl (C=O) groups excluding carboxylic acids is 1. The Bertz CT molecular complexity index is 122. The van der Waals surface area contributed by atoms with Crippen LogP contribution < -0.4 is 5.73 Å². The van der Waals surface area contributed by atoms with Crippen LogP contribution in [0.15, 0.2) is 0 Å². The van der Waals surface area contributed by atoms with Crippen molar-refractivity contribution in [3.63, 3.8) is 0 Å². The van der Waals surface area contributed by atoms with Gasteiger partial charge in [-0.3, -0.25) is 4.79 Å². The lowest BCUT2D eigenvalue weighted by Gasteiger charge is -1.81. The van der Waals surface area contributed by atoms with Gasteiger partial charge >= 0.3 is 12.1 Å². The highest BCUT2D eigenvalue weighted by atomic mass is 16.5.